The van der Waals surface area contributed by atoms with Gasteiger partial charge in [0.1, 0.15) is 0 Å². The quantitative estimate of drug-likeness (QED) is 0.750. The molecule has 4 nitrogen and oxygen atoms in total. The first-order chi connectivity index (χ1) is 6.63. The average Bonchev–Trinajstić information content (AvgIpc) is 2.19. The Kier molecular flexibility index (Phi) is 3.34. The monoisotopic (exact) mass is 195 g/mol. The van der Waals surface area contributed by atoms with Crippen molar-refractivity contribution in [3.05, 3.63) is 23.8 Å². The number of ether oxygens (including phenoxy) is 1. The average molecular weight is 195 g/mol. The van der Waals surface area contributed by atoms with Crippen LogP contribution in [-0.2, 0) is 4.79 Å². The van der Waals surface area contributed by atoms with Gasteiger partial charge in [-0.25, -0.2) is 0 Å². The van der Waals surface area contributed by atoms with E-state index in [0.717, 1.165) is 5.56 Å². The van der Waals surface area contributed by atoms with Crippen LogP contribution in [-0.4, -0.2) is 24.7 Å². The number of hydrogen-bond donors (Lipinski definition) is 2. The molecular formula is C10H13NO3. The highest BCUT2D eigenvalue weighted by molar-refractivity contribution is 5.77. The van der Waals surface area contributed by atoms with Gasteiger partial charge in [0, 0.05) is 7.05 Å². The molecular weight excluding hydrogens is 182 g/mol. The van der Waals surface area contributed by atoms with Gasteiger partial charge in [-0.15, -0.1) is 0 Å². The number of carbonyl (C=O) groups excluding carboxylic acids is 1. The summed E-state index contributed by atoms with van der Waals surface area (Å²) >= 11 is 0. The molecule has 0 saturated carbocycles. The highest BCUT2D eigenvalue weighted by Gasteiger charge is 2.04. The molecule has 0 fully saturated rings. The minimum atomic E-state index is -0.231. The predicted octanol–water partition coefficient (Wildman–Crippen LogP) is 0.825. The van der Waals surface area contributed by atoms with E-state index in [2.05, 4.69) is 5.32 Å². The first-order valence-corrected chi connectivity index (χ1v) is 4.26. The summed E-state index contributed by atoms with van der Waals surface area (Å²) in [6.45, 7) is 1.79. The molecule has 76 valence electrons. The summed E-state index contributed by atoms with van der Waals surface area (Å²) < 4.78 is 5.11. The van der Waals surface area contributed by atoms with E-state index in [9.17, 15) is 9.90 Å². The third-order valence-electron chi connectivity index (χ3n) is 1.75. The number of rotatable bonds is 3. The predicted molar refractivity (Wildman–Crippen MR) is 52.4 cm³/mol. The van der Waals surface area contributed by atoms with Gasteiger partial charge < -0.3 is 15.2 Å². The molecule has 0 aliphatic rings. The van der Waals surface area contributed by atoms with Gasteiger partial charge in [0.2, 0.25) is 0 Å². The normalized spacial score (nSPS) is 9.57. The van der Waals surface area contributed by atoms with Crippen molar-refractivity contribution in [2.45, 2.75) is 6.92 Å². The summed E-state index contributed by atoms with van der Waals surface area (Å²) in [5.41, 5.74) is 0.967. The van der Waals surface area contributed by atoms with E-state index in [0.29, 0.717) is 5.75 Å². The Morgan fingerprint density at radius 3 is 2.93 bits per heavy atom. The van der Waals surface area contributed by atoms with Crippen LogP contribution in [0.1, 0.15) is 5.56 Å². The Morgan fingerprint density at radius 2 is 2.29 bits per heavy atom. The van der Waals surface area contributed by atoms with Gasteiger partial charge in [-0.1, -0.05) is 6.07 Å². The number of benzene rings is 1. The molecule has 0 bridgehead atoms. The summed E-state index contributed by atoms with van der Waals surface area (Å²) in [5.74, 6) is 0.138. The molecule has 0 aliphatic heterocycles. The van der Waals surface area contributed by atoms with E-state index in [1.165, 1.54) is 13.1 Å². The van der Waals surface area contributed by atoms with Gasteiger partial charge in [-0.2, -0.15) is 0 Å². The molecule has 1 aromatic carbocycles. The van der Waals surface area contributed by atoms with Crippen molar-refractivity contribution in [3.8, 4) is 11.5 Å². The SMILES string of the molecule is CNC(=O)COc1cc(C)ccc1O. The van der Waals surface area contributed by atoms with Crippen LogP contribution in [0.2, 0.25) is 0 Å². The lowest BCUT2D eigenvalue weighted by Gasteiger charge is -2.07. The van der Waals surface area contributed by atoms with Crippen LogP contribution < -0.4 is 10.1 Å². The molecule has 0 heterocycles. The fourth-order valence-electron chi connectivity index (χ4n) is 0.952. The number of likely N-dealkylation sites (N-methyl/N-ethyl adjacent to an activating group) is 1. The number of hydrogen-bond acceptors (Lipinski definition) is 3. The first-order valence-electron chi connectivity index (χ1n) is 4.26. The Morgan fingerprint density at radius 1 is 1.57 bits per heavy atom. The van der Waals surface area contributed by atoms with Crippen molar-refractivity contribution in [1.82, 2.24) is 5.32 Å². The second-order valence-electron chi connectivity index (χ2n) is 2.93. The van der Waals surface area contributed by atoms with Gasteiger partial charge in [-0.05, 0) is 24.6 Å². The molecule has 2 N–H and O–H groups in total. The standard InChI is InChI=1S/C10H13NO3/c1-7-3-4-8(12)9(5-7)14-6-10(13)11-2/h3-5,12H,6H2,1-2H3,(H,11,13). The van der Waals surface area contributed by atoms with Crippen molar-refractivity contribution in [2.75, 3.05) is 13.7 Å². The Hall–Kier alpha value is -1.71. The van der Waals surface area contributed by atoms with Crippen LogP contribution in [0, 0.1) is 6.92 Å². The summed E-state index contributed by atoms with van der Waals surface area (Å²) in [5, 5.41) is 11.8. The van der Waals surface area contributed by atoms with Crippen LogP contribution in [0.4, 0.5) is 0 Å². The fourth-order valence-corrected chi connectivity index (χ4v) is 0.952. The number of carbonyl (C=O) groups is 1. The van der Waals surface area contributed by atoms with Crippen molar-refractivity contribution in [1.29, 1.82) is 0 Å². The van der Waals surface area contributed by atoms with Crippen molar-refractivity contribution < 1.29 is 14.6 Å². The minimum absolute atomic E-state index is 0.0412. The molecule has 1 aromatic rings. The summed E-state index contributed by atoms with van der Waals surface area (Å²) in [7, 11) is 1.53. The summed E-state index contributed by atoms with van der Waals surface area (Å²) in [4.78, 5) is 10.9. The number of phenolic OH excluding ortho intramolecular Hbond substituents is 1. The number of aromatic hydroxyl groups is 1. The number of aryl methyl sites for hydroxylation is 1. The number of amides is 1. The molecule has 0 atom stereocenters. The van der Waals surface area contributed by atoms with Crippen LogP contribution in [0.15, 0.2) is 18.2 Å². The third-order valence-corrected chi connectivity index (χ3v) is 1.75. The molecule has 0 unspecified atom stereocenters. The zero-order valence-corrected chi connectivity index (χ0v) is 8.20. The molecule has 0 aliphatic carbocycles. The van der Waals surface area contributed by atoms with Gasteiger partial charge in [0.15, 0.2) is 18.1 Å². The topological polar surface area (TPSA) is 58.6 Å². The Labute approximate surface area is 82.5 Å². The lowest BCUT2D eigenvalue weighted by molar-refractivity contribution is -0.122. The number of nitrogens with one attached hydrogen (secondary N) is 1. The third kappa shape index (κ3) is 2.65. The Balaban J connectivity index is 2.66. The zero-order chi connectivity index (χ0) is 10.6. The van der Waals surface area contributed by atoms with Crippen molar-refractivity contribution in [3.63, 3.8) is 0 Å². The molecule has 4 heteroatoms. The van der Waals surface area contributed by atoms with Crippen molar-refractivity contribution >= 4 is 5.91 Å². The van der Waals surface area contributed by atoms with E-state index in [1.807, 2.05) is 6.92 Å². The van der Waals surface area contributed by atoms with Gasteiger partial charge in [0.05, 0.1) is 0 Å². The lowest BCUT2D eigenvalue weighted by Crippen LogP contribution is -2.24. The first kappa shape index (κ1) is 10.4. The molecule has 0 radical (unpaired) electrons. The van der Waals surface area contributed by atoms with Crippen LogP contribution in [0.5, 0.6) is 11.5 Å². The number of phenols is 1. The van der Waals surface area contributed by atoms with Crippen LogP contribution in [0.25, 0.3) is 0 Å². The highest BCUT2D eigenvalue weighted by Crippen LogP contribution is 2.26. The van der Waals surface area contributed by atoms with Gasteiger partial charge >= 0.3 is 0 Å². The second-order valence-corrected chi connectivity index (χ2v) is 2.93. The molecule has 14 heavy (non-hydrogen) atoms. The van der Waals surface area contributed by atoms with E-state index in [1.54, 1.807) is 12.1 Å². The van der Waals surface area contributed by atoms with E-state index in [4.69, 9.17) is 4.74 Å². The molecule has 0 spiro atoms. The molecule has 1 amide bonds. The van der Waals surface area contributed by atoms with Crippen LogP contribution >= 0.6 is 0 Å². The van der Waals surface area contributed by atoms with Gasteiger partial charge in [-0.3, -0.25) is 4.79 Å². The Bertz CT molecular complexity index is 336. The lowest BCUT2D eigenvalue weighted by atomic mass is 10.2. The van der Waals surface area contributed by atoms with Gasteiger partial charge in [0.25, 0.3) is 5.91 Å². The summed E-state index contributed by atoms with van der Waals surface area (Å²) in [6, 6.07) is 4.98. The van der Waals surface area contributed by atoms with E-state index < -0.39 is 0 Å². The largest absolute Gasteiger partial charge is 0.504 e. The maximum Gasteiger partial charge on any atom is 0.257 e. The van der Waals surface area contributed by atoms with Crippen molar-refractivity contribution in [2.24, 2.45) is 0 Å². The van der Waals surface area contributed by atoms with E-state index >= 15 is 0 Å². The maximum atomic E-state index is 10.9. The molecule has 1 rings (SSSR count). The second kappa shape index (κ2) is 4.50. The summed E-state index contributed by atoms with van der Waals surface area (Å²) in [6.07, 6.45) is 0. The molecule has 0 aromatic heterocycles. The zero-order valence-electron chi connectivity index (χ0n) is 8.20. The smallest absolute Gasteiger partial charge is 0.257 e. The minimum Gasteiger partial charge on any atom is -0.504 e. The van der Waals surface area contributed by atoms with Crippen LogP contribution in [0.3, 0.4) is 0 Å². The fraction of sp³-hybridized carbons (Fsp3) is 0.300. The maximum absolute atomic E-state index is 10.9. The molecule has 0 saturated heterocycles. The van der Waals surface area contributed by atoms with E-state index in [-0.39, 0.29) is 18.3 Å². The highest BCUT2D eigenvalue weighted by atomic mass is 16.5.